The van der Waals surface area contributed by atoms with Crippen LogP contribution < -0.4 is 10.6 Å². The second kappa shape index (κ2) is 6.72. The number of anilines is 2. The van der Waals surface area contributed by atoms with Crippen LogP contribution in [0.1, 0.15) is 17.3 Å². The number of pyridine rings is 1. The van der Waals surface area contributed by atoms with Crippen LogP contribution in [0.15, 0.2) is 21.6 Å². The van der Waals surface area contributed by atoms with Crippen LogP contribution in [-0.4, -0.2) is 41.9 Å². The summed E-state index contributed by atoms with van der Waals surface area (Å²) in [5.74, 6) is -0.453. The molecular formula is C12H15N5O2S2. The van der Waals surface area contributed by atoms with Gasteiger partial charge in [-0.15, -0.1) is 10.2 Å². The van der Waals surface area contributed by atoms with Crippen molar-refractivity contribution in [1.29, 1.82) is 0 Å². The Morgan fingerprint density at radius 1 is 1.48 bits per heavy atom. The minimum absolute atomic E-state index is 0.295. The quantitative estimate of drug-likeness (QED) is 0.833. The van der Waals surface area contributed by atoms with Gasteiger partial charge in [0.05, 0.1) is 24.1 Å². The van der Waals surface area contributed by atoms with E-state index < -0.39 is 5.97 Å². The van der Waals surface area contributed by atoms with Crippen molar-refractivity contribution in [1.82, 2.24) is 15.2 Å². The minimum atomic E-state index is -0.453. The fourth-order valence-corrected chi connectivity index (χ4v) is 3.09. The molecule has 0 aliphatic carbocycles. The van der Waals surface area contributed by atoms with Gasteiger partial charge in [0.15, 0.2) is 4.34 Å². The van der Waals surface area contributed by atoms with Gasteiger partial charge in [0, 0.05) is 14.1 Å². The van der Waals surface area contributed by atoms with Crippen molar-refractivity contribution in [3.05, 3.63) is 17.8 Å². The van der Waals surface area contributed by atoms with Crippen LogP contribution in [0.3, 0.4) is 0 Å². The number of hydrogen-bond acceptors (Lipinski definition) is 9. The highest BCUT2D eigenvalue weighted by Crippen LogP contribution is 2.32. The summed E-state index contributed by atoms with van der Waals surface area (Å²) in [6.07, 6.45) is 1.45. The molecule has 2 N–H and O–H groups in total. The number of hydrogen-bond donors (Lipinski definition) is 1. The van der Waals surface area contributed by atoms with Crippen LogP contribution in [0, 0.1) is 0 Å². The Morgan fingerprint density at radius 3 is 2.86 bits per heavy atom. The molecule has 7 nitrogen and oxygen atoms in total. The van der Waals surface area contributed by atoms with Gasteiger partial charge in [-0.25, -0.2) is 9.78 Å². The third-order valence-electron chi connectivity index (χ3n) is 2.38. The molecular weight excluding hydrogens is 310 g/mol. The maximum atomic E-state index is 11.8. The topological polar surface area (TPSA) is 94.2 Å². The zero-order valence-electron chi connectivity index (χ0n) is 11.9. The van der Waals surface area contributed by atoms with Crippen LogP contribution in [0.5, 0.6) is 0 Å². The molecule has 2 rings (SSSR count). The van der Waals surface area contributed by atoms with Crippen molar-refractivity contribution in [2.75, 3.05) is 31.3 Å². The van der Waals surface area contributed by atoms with E-state index in [2.05, 4.69) is 15.2 Å². The van der Waals surface area contributed by atoms with E-state index in [1.54, 1.807) is 13.0 Å². The van der Waals surface area contributed by atoms with Crippen molar-refractivity contribution in [3.8, 4) is 0 Å². The lowest BCUT2D eigenvalue weighted by Crippen LogP contribution is -2.08. The van der Waals surface area contributed by atoms with Crippen LogP contribution in [0.4, 0.5) is 10.8 Å². The molecule has 0 aromatic carbocycles. The second-order valence-corrected chi connectivity index (χ2v) is 6.40. The first-order valence-electron chi connectivity index (χ1n) is 6.12. The van der Waals surface area contributed by atoms with Gasteiger partial charge in [-0.05, 0) is 24.8 Å². The van der Waals surface area contributed by atoms with Crippen LogP contribution in [0.2, 0.25) is 0 Å². The number of nitrogen functional groups attached to an aromatic ring is 1. The van der Waals surface area contributed by atoms with Gasteiger partial charge in [0.1, 0.15) is 5.03 Å². The van der Waals surface area contributed by atoms with Gasteiger partial charge in [0.2, 0.25) is 5.13 Å². The number of carbonyl (C=O) groups excluding carboxylic acids is 1. The van der Waals surface area contributed by atoms with E-state index in [0.29, 0.717) is 22.9 Å². The average molecular weight is 325 g/mol. The molecule has 2 aromatic rings. The van der Waals surface area contributed by atoms with Crippen molar-refractivity contribution in [3.63, 3.8) is 0 Å². The van der Waals surface area contributed by atoms with Crippen molar-refractivity contribution in [2.45, 2.75) is 16.3 Å². The lowest BCUT2D eigenvalue weighted by atomic mass is 10.2. The number of esters is 1. The monoisotopic (exact) mass is 325 g/mol. The molecule has 0 unspecified atom stereocenters. The van der Waals surface area contributed by atoms with E-state index in [1.807, 2.05) is 19.0 Å². The fourth-order valence-electron chi connectivity index (χ4n) is 1.40. The molecule has 0 aliphatic heterocycles. The third kappa shape index (κ3) is 3.82. The summed E-state index contributed by atoms with van der Waals surface area (Å²) in [4.78, 5) is 17.9. The maximum Gasteiger partial charge on any atom is 0.340 e. The molecule has 0 amide bonds. The predicted molar refractivity (Wildman–Crippen MR) is 83.0 cm³/mol. The lowest BCUT2D eigenvalue weighted by molar-refractivity contribution is 0.0527. The van der Waals surface area contributed by atoms with E-state index in [1.165, 1.54) is 29.3 Å². The summed E-state index contributed by atoms with van der Waals surface area (Å²) >= 11 is 2.77. The number of nitrogens with two attached hydrogens (primary N) is 1. The maximum absolute atomic E-state index is 11.8. The van der Waals surface area contributed by atoms with Crippen molar-refractivity contribution >= 4 is 39.9 Å². The Balaban J connectivity index is 2.20. The SMILES string of the molecule is CCOC(=O)c1cc(Sc2nnc(N(C)C)s2)ncc1N. The zero-order chi connectivity index (χ0) is 15.4. The highest BCUT2D eigenvalue weighted by atomic mass is 32.2. The molecule has 0 fully saturated rings. The molecule has 2 aromatic heterocycles. The van der Waals surface area contributed by atoms with Gasteiger partial charge in [0.25, 0.3) is 0 Å². The number of nitrogens with zero attached hydrogens (tertiary/aromatic N) is 4. The molecule has 0 saturated carbocycles. The summed E-state index contributed by atoms with van der Waals surface area (Å²) in [5, 5.41) is 9.54. The number of carbonyl (C=O) groups is 1. The number of ether oxygens (including phenoxy) is 1. The first-order valence-corrected chi connectivity index (χ1v) is 7.76. The summed E-state index contributed by atoms with van der Waals surface area (Å²) < 4.78 is 5.70. The first-order chi connectivity index (χ1) is 10.0. The molecule has 0 saturated heterocycles. The molecule has 112 valence electrons. The van der Waals surface area contributed by atoms with Crippen LogP contribution in [-0.2, 0) is 4.74 Å². The summed E-state index contributed by atoms with van der Waals surface area (Å²) in [5.41, 5.74) is 6.36. The van der Waals surface area contributed by atoms with Gasteiger partial charge in [-0.1, -0.05) is 11.3 Å². The normalized spacial score (nSPS) is 10.4. The van der Waals surface area contributed by atoms with E-state index in [4.69, 9.17) is 10.5 Å². The Morgan fingerprint density at radius 2 is 2.24 bits per heavy atom. The van der Waals surface area contributed by atoms with Gasteiger partial charge in [-0.3, -0.25) is 0 Å². The van der Waals surface area contributed by atoms with E-state index in [-0.39, 0.29) is 0 Å². The standard InChI is InChI=1S/C12H15N5O2S2/c1-4-19-10(18)7-5-9(14-6-8(7)13)20-12-16-15-11(21-12)17(2)3/h5-6H,4,13H2,1-3H3. The van der Waals surface area contributed by atoms with Gasteiger partial charge in [-0.2, -0.15) is 0 Å². The smallest absolute Gasteiger partial charge is 0.340 e. The summed E-state index contributed by atoms with van der Waals surface area (Å²) in [7, 11) is 3.80. The van der Waals surface area contributed by atoms with Crippen LogP contribution >= 0.6 is 23.1 Å². The molecule has 0 aliphatic rings. The van der Waals surface area contributed by atoms with E-state index in [0.717, 1.165) is 9.47 Å². The highest BCUT2D eigenvalue weighted by molar-refractivity contribution is 8.01. The highest BCUT2D eigenvalue weighted by Gasteiger charge is 2.14. The molecule has 9 heteroatoms. The average Bonchev–Trinajstić information content (AvgIpc) is 2.90. The zero-order valence-corrected chi connectivity index (χ0v) is 13.5. The van der Waals surface area contributed by atoms with E-state index >= 15 is 0 Å². The second-order valence-electron chi connectivity index (χ2n) is 4.18. The Hall–Kier alpha value is -1.87. The van der Waals surface area contributed by atoms with Gasteiger partial charge < -0.3 is 15.4 Å². The lowest BCUT2D eigenvalue weighted by Gasteiger charge is -2.06. The third-order valence-corrected chi connectivity index (χ3v) is 4.45. The first kappa shape index (κ1) is 15.5. The fraction of sp³-hybridized carbons (Fsp3) is 0.333. The number of rotatable bonds is 5. The number of aromatic nitrogens is 3. The molecule has 0 bridgehead atoms. The Bertz CT molecular complexity index is 644. The molecule has 2 heterocycles. The predicted octanol–water partition coefficient (Wildman–Crippen LogP) is 1.91. The minimum Gasteiger partial charge on any atom is -0.462 e. The Kier molecular flexibility index (Phi) is 4.97. The van der Waals surface area contributed by atoms with E-state index in [9.17, 15) is 4.79 Å². The molecule has 0 radical (unpaired) electrons. The Labute approximate surface area is 130 Å². The largest absolute Gasteiger partial charge is 0.462 e. The van der Waals surface area contributed by atoms with Crippen LogP contribution in [0.25, 0.3) is 0 Å². The van der Waals surface area contributed by atoms with Crippen molar-refractivity contribution in [2.24, 2.45) is 0 Å². The summed E-state index contributed by atoms with van der Waals surface area (Å²) in [6, 6.07) is 1.61. The summed E-state index contributed by atoms with van der Waals surface area (Å²) in [6.45, 7) is 2.04. The molecule has 0 atom stereocenters. The van der Waals surface area contributed by atoms with Gasteiger partial charge >= 0.3 is 5.97 Å². The van der Waals surface area contributed by atoms with Crippen molar-refractivity contribution < 1.29 is 9.53 Å². The molecule has 21 heavy (non-hydrogen) atoms. The molecule has 0 spiro atoms.